The molecule has 102 valence electrons. The van der Waals surface area contributed by atoms with Crippen molar-refractivity contribution in [1.82, 2.24) is 10.2 Å². The molecule has 0 bridgehead atoms. The maximum atomic E-state index is 13.0. The van der Waals surface area contributed by atoms with Crippen LogP contribution >= 0.6 is 0 Å². The second-order valence-electron chi connectivity index (χ2n) is 6.30. The van der Waals surface area contributed by atoms with Gasteiger partial charge in [0.1, 0.15) is 12.0 Å². The molecular formula is C15H19FN2O. The van der Waals surface area contributed by atoms with Gasteiger partial charge in [-0.3, -0.25) is 10.1 Å². The van der Waals surface area contributed by atoms with Crippen LogP contribution in [0.2, 0.25) is 0 Å². The number of nitrogens with one attached hydrogen (secondary N) is 1. The number of benzene rings is 1. The highest BCUT2D eigenvalue weighted by Gasteiger charge is 2.55. The van der Waals surface area contributed by atoms with Crippen molar-refractivity contribution in [1.29, 1.82) is 0 Å². The largest absolute Gasteiger partial charge is 0.318 e. The van der Waals surface area contributed by atoms with E-state index < -0.39 is 0 Å². The first-order chi connectivity index (χ1) is 8.90. The van der Waals surface area contributed by atoms with E-state index in [9.17, 15) is 9.18 Å². The molecule has 3 nitrogen and oxygen atoms in total. The van der Waals surface area contributed by atoms with Crippen LogP contribution in [0.25, 0.3) is 0 Å². The van der Waals surface area contributed by atoms with E-state index in [1.807, 2.05) is 11.8 Å². The zero-order chi connectivity index (χ0) is 13.8. The topological polar surface area (TPSA) is 32.3 Å². The second kappa shape index (κ2) is 4.04. The molecule has 19 heavy (non-hydrogen) atoms. The number of hydrogen-bond donors (Lipinski definition) is 1. The lowest BCUT2D eigenvalue weighted by molar-refractivity contribution is -0.130. The summed E-state index contributed by atoms with van der Waals surface area (Å²) >= 11 is 0. The molecule has 3 atom stereocenters. The van der Waals surface area contributed by atoms with Crippen LogP contribution in [-0.4, -0.2) is 22.9 Å². The molecule has 1 aromatic carbocycles. The molecule has 0 aromatic heterocycles. The zero-order valence-electron chi connectivity index (χ0n) is 11.5. The summed E-state index contributed by atoms with van der Waals surface area (Å²) in [6.45, 7) is 6.24. The lowest BCUT2D eigenvalue weighted by atomic mass is 10.1. The SMILES string of the molecule is CC1NC(c2ccc(F)cc2)N(C2CC2(C)C)C1=O. The van der Waals surface area contributed by atoms with Gasteiger partial charge >= 0.3 is 0 Å². The Hall–Kier alpha value is -1.42. The summed E-state index contributed by atoms with van der Waals surface area (Å²) in [4.78, 5) is 14.3. The molecular weight excluding hydrogens is 243 g/mol. The van der Waals surface area contributed by atoms with Gasteiger partial charge in [0.15, 0.2) is 0 Å². The third-order valence-corrected chi connectivity index (χ3v) is 4.29. The highest BCUT2D eigenvalue weighted by Crippen LogP contribution is 2.51. The van der Waals surface area contributed by atoms with Gasteiger partial charge in [0, 0.05) is 6.04 Å². The van der Waals surface area contributed by atoms with Gasteiger partial charge in [-0.05, 0) is 36.5 Å². The van der Waals surface area contributed by atoms with Gasteiger partial charge in [-0.2, -0.15) is 0 Å². The van der Waals surface area contributed by atoms with Crippen molar-refractivity contribution < 1.29 is 9.18 Å². The van der Waals surface area contributed by atoms with Crippen LogP contribution in [0.4, 0.5) is 4.39 Å². The molecule has 1 amide bonds. The monoisotopic (exact) mass is 262 g/mol. The van der Waals surface area contributed by atoms with E-state index in [-0.39, 0.29) is 35.4 Å². The lowest BCUT2D eigenvalue weighted by Crippen LogP contribution is -2.34. The van der Waals surface area contributed by atoms with E-state index in [0.717, 1.165) is 12.0 Å². The van der Waals surface area contributed by atoms with Crippen molar-refractivity contribution in [2.24, 2.45) is 5.41 Å². The molecule has 1 aliphatic carbocycles. The maximum absolute atomic E-state index is 13.0. The fourth-order valence-corrected chi connectivity index (χ4v) is 2.89. The summed E-state index contributed by atoms with van der Waals surface area (Å²) in [7, 11) is 0. The molecule has 0 radical (unpaired) electrons. The summed E-state index contributed by atoms with van der Waals surface area (Å²) in [5, 5.41) is 3.30. The minimum Gasteiger partial charge on any atom is -0.318 e. The number of carbonyl (C=O) groups is 1. The number of hydrogen-bond acceptors (Lipinski definition) is 2. The Morgan fingerprint density at radius 3 is 2.42 bits per heavy atom. The molecule has 0 spiro atoms. The molecule has 1 heterocycles. The van der Waals surface area contributed by atoms with E-state index >= 15 is 0 Å². The zero-order valence-corrected chi connectivity index (χ0v) is 11.5. The van der Waals surface area contributed by atoms with E-state index in [1.165, 1.54) is 12.1 Å². The molecule has 1 saturated carbocycles. The smallest absolute Gasteiger partial charge is 0.241 e. The Balaban J connectivity index is 1.91. The number of nitrogens with zero attached hydrogens (tertiary/aromatic N) is 1. The first kappa shape index (κ1) is 12.6. The number of carbonyl (C=O) groups excluding carboxylic acids is 1. The normalized spacial score (nSPS) is 32.7. The molecule has 1 N–H and O–H groups in total. The predicted molar refractivity (Wildman–Crippen MR) is 70.8 cm³/mol. The Labute approximate surface area is 112 Å². The minimum atomic E-state index is -0.251. The number of halogens is 1. The lowest BCUT2D eigenvalue weighted by Gasteiger charge is -2.26. The van der Waals surface area contributed by atoms with Crippen LogP contribution in [0.15, 0.2) is 24.3 Å². The minimum absolute atomic E-state index is 0.130. The van der Waals surface area contributed by atoms with Gasteiger partial charge in [-0.1, -0.05) is 26.0 Å². The highest BCUT2D eigenvalue weighted by atomic mass is 19.1. The Kier molecular flexibility index (Phi) is 2.68. The standard InChI is InChI=1S/C15H19FN2O/c1-9-14(19)18(12-8-15(12,2)3)13(17-9)10-4-6-11(16)7-5-10/h4-7,9,12-13,17H,8H2,1-3H3. The van der Waals surface area contributed by atoms with Gasteiger partial charge in [0.25, 0.3) is 0 Å². The van der Waals surface area contributed by atoms with Crippen LogP contribution in [-0.2, 0) is 4.79 Å². The fraction of sp³-hybridized carbons (Fsp3) is 0.533. The maximum Gasteiger partial charge on any atom is 0.241 e. The van der Waals surface area contributed by atoms with E-state index in [2.05, 4.69) is 19.2 Å². The van der Waals surface area contributed by atoms with Gasteiger partial charge in [-0.15, -0.1) is 0 Å². The summed E-state index contributed by atoms with van der Waals surface area (Å²) in [5.74, 6) is -0.107. The first-order valence-electron chi connectivity index (χ1n) is 6.74. The van der Waals surface area contributed by atoms with Crippen molar-refractivity contribution in [3.05, 3.63) is 35.6 Å². The van der Waals surface area contributed by atoms with E-state index in [1.54, 1.807) is 12.1 Å². The average Bonchev–Trinajstić information content (AvgIpc) is 2.87. The van der Waals surface area contributed by atoms with E-state index in [4.69, 9.17) is 0 Å². The van der Waals surface area contributed by atoms with Crippen molar-refractivity contribution >= 4 is 5.91 Å². The number of amides is 1. The molecule has 3 unspecified atom stereocenters. The molecule has 2 fully saturated rings. The molecule has 3 rings (SSSR count). The Bertz CT molecular complexity index is 511. The fourth-order valence-electron chi connectivity index (χ4n) is 2.89. The molecule has 4 heteroatoms. The van der Waals surface area contributed by atoms with Crippen LogP contribution in [0.3, 0.4) is 0 Å². The van der Waals surface area contributed by atoms with Crippen molar-refractivity contribution in [3.63, 3.8) is 0 Å². The van der Waals surface area contributed by atoms with Crippen molar-refractivity contribution in [2.75, 3.05) is 0 Å². The quantitative estimate of drug-likeness (QED) is 0.888. The molecule has 1 saturated heterocycles. The van der Waals surface area contributed by atoms with Crippen LogP contribution in [0.5, 0.6) is 0 Å². The third kappa shape index (κ3) is 2.04. The van der Waals surface area contributed by atoms with Gasteiger partial charge < -0.3 is 4.90 Å². The predicted octanol–water partition coefficient (Wildman–Crippen LogP) is 2.44. The Morgan fingerprint density at radius 1 is 1.32 bits per heavy atom. The first-order valence-corrected chi connectivity index (χ1v) is 6.74. The second-order valence-corrected chi connectivity index (χ2v) is 6.30. The highest BCUT2D eigenvalue weighted by molar-refractivity contribution is 5.85. The molecule has 2 aliphatic rings. The van der Waals surface area contributed by atoms with Crippen molar-refractivity contribution in [3.8, 4) is 0 Å². The molecule has 1 aliphatic heterocycles. The van der Waals surface area contributed by atoms with Crippen LogP contribution in [0.1, 0.15) is 38.9 Å². The van der Waals surface area contributed by atoms with Gasteiger partial charge in [0.05, 0.1) is 6.04 Å². The number of rotatable bonds is 2. The van der Waals surface area contributed by atoms with Crippen LogP contribution < -0.4 is 5.32 Å². The summed E-state index contributed by atoms with van der Waals surface area (Å²) in [6.07, 6.45) is 0.903. The third-order valence-electron chi connectivity index (χ3n) is 4.29. The van der Waals surface area contributed by atoms with Gasteiger partial charge in [-0.25, -0.2) is 4.39 Å². The molecule has 1 aromatic rings. The van der Waals surface area contributed by atoms with E-state index in [0.29, 0.717) is 0 Å². The summed E-state index contributed by atoms with van der Waals surface area (Å²) in [5.41, 5.74) is 1.14. The Morgan fingerprint density at radius 2 is 1.89 bits per heavy atom. The van der Waals surface area contributed by atoms with Crippen LogP contribution in [0, 0.1) is 11.2 Å². The average molecular weight is 262 g/mol. The van der Waals surface area contributed by atoms with Crippen molar-refractivity contribution in [2.45, 2.75) is 45.4 Å². The summed E-state index contributed by atoms with van der Waals surface area (Å²) in [6, 6.07) is 6.50. The van der Waals surface area contributed by atoms with Gasteiger partial charge in [0.2, 0.25) is 5.91 Å². The summed E-state index contributed by atoms with van der Waals surface area (Å²) < 4.78 is 13.0.